The second-order valence-electron chi connectivity index (χ2n) is 5.63. The monoisotopic (exact) mass is 412 g/mol. The molecule has 5 nitrogen and oxygen atoms in total. The van der Waals surface area contributed by atoms with Crippen molar-refractivity contribution in [1.82, 2.24) is 0 Å². The van der Waals surface area contributed by atoms with Crippen LogP contribution in [-0.2, 0) is 14.3 Å². The highest BCUT2D eigenvalue weighted by molar-refractivity contribution is 9.10. The molecule has 0 atom stereocenters. The van der Waals surface area contributed by atoms with Crippen LogP contribution in [0.1, 0.15) is 12.5 Å². The standard InChI is InChI=1S/C20H17BrN2O3/c1-3-26-20(25)16(12-22-14-7-5-4-6-8-14)18-15-11-13(21)9-10-17(15)23(2)19(18)24/h4-12H,3H2,1-2H3/b18-16+,22-12?. The van der Waals surface area contributed by atoms with Crippen LogP contribution in [0.4, 0.5) is 11.4 Å². The molecular formula is C20H17BrN2O3. The van der Waals surface area contributed by atoms with Gasteiger partial charge in [0, 0.05) is 23.3 Å². The lowest BCUT2D eigenvalue weighted by atomic mass is 10.0. The van der Waals surface area contributed by atoms with E-state index >= 15 is 0 Å². The molecular weight excluding hydrogens is 396 g/mol. The van der Waals surface area contributed by atoms with Gasteiger partial charge in [-0.2, -0.15) is 0 Å². The van der Waals surface area contributed by atoms with Crippen molar-refractivity contribution in [1.29, 1.82) is 0 Å². The molecule has 6 heteroatoms. The summed E-state index contributed by atoms with van der Waals surface area (Å²) in [4.78, 5) is 31.2. The predicted molar refractivity (Wildman–Crippen MR) is 106 cm³/mol. The van der Waals surface area contributed by atoms with E-state index in [4.69, 9.17) is 4.74 Å². The first-order chi connectivity index (χ1) is 12.5. The van der Waals surface area contributed by atoms with E-state index in [0.717, 1.165) is 10.2 Å². The summed E-state index contributed by atoms with van der Waals surface area (Å²) in [6.45, 7) is 1.94. The molecule has 1 amide bonds. The number of carbonyl (C=O) groups excluding carboxylic acids is 2. The summed E-state index contributed by atoms with van der Waals surface area (Å²) in [6.07, 6.45) is 1.41. The lowest BCUT2D eigenvalue weighted by molar-refractivity contribution is -0.137. The topological polar surface area (TPSA) is 59.0 Å². The number of aliphatic imine (C=N–C) groups is 1. The van der Waals surface area contributed by atoms with Gasteiger partial charge in [0.05, 0.1) is 29.1 Å². The normalized spacial score (nSPS) is 15.3. The van der Waals surface area contributed by atoms with E-state index in [-0.39, 0.29) is 18.1 Å². The molecule has 0 N–H and O–H groups in total. The second kappa shape index (κ2) is 7.66. The molecule has 3 rings (SSSR count). The maximum atomic E-state index is 12.8. The summed E-state index contributed by atoms with van der Waals surface area (Å²) in [7, 11) is 1.68. The van der Waals surface area contributed by atoms with Gasteiger partial charge < -0.3 is 9.64 Å². The number of halogens is 1. The SMILES string of the molecule is CCOC(=O)/C(C=Nc1ccccc1)=C1/C(=O)N(C)c2ccc(Br)cc21. The summed E-state index contributed by atoms with van der Waals surface area (Å²) in [5.41, 5.74) is 2.53. The molecule has 0 unspecified atom stereocenters. The Labute approximate surface area is 160 Å². The molecule has 132 valence electrons. The average Bonchev–Trinajstić information content (AvgIpc) is 2.87. The summed E-state index contributed by atoms with van der Waals surface area (Å²) < 4.78 is 5.98. The van der Waals surface area contributed by atoms with Crippen molar-refractivity contribution >= 4 is 51.0 Å². The zero-order valence-electron chi connectivity index (χ0n) is 14.4. The fourth-order valence-corrected chi connectivity index (χ4v) is 3.10. The maximum Gasteiger partial charge on any atom is 0.340 e. The number of hydrogen-bond acceptors (Lipinski definition) is 4. The van der Waals surface area contributed by atoms with Crippen molar-refractivity contribution < 1.29 is 14.3 Å². The highest BCUT2D eigenvalue weighted by Crippen LogP contribution is 2.39. The molecule has 1 aliphatic rings. The number of benzene rings is 2. The van der Waals surface area contributed by atoms with E-state index in [9.17, 15) is 9.59 Å². The highest BCUT2D eigenvalue weighted by atomic mass is 79.9. The van der Waals surface area contributed by atoms with Crippen molar-refractivity contribution in [2.24, 2.45) is 4.99 Å². The molecule has 0 saturated heterocycles. The smallest absolute Gasteiger partial charge is 0.340 e. The van der Waals surface area contributed by atoms with E-state index in [0.29, 0.717) is 16.8 Å². The minimum absolute atomic E-state index is 0.143. The van der Waals surface area contributed by atoms with Gasteiger partial charge in [-0.1, -0.05) is 34.1 Å². The zero-order valence-corrected chi connectivity index (χ0v) is 16.0. The van der Waals surface area contributed by atoms with Crippen LogP contribution >= 0.6 is 15.9 Å². The molecule has 0 aromatic heterocycles. The number of esters is 1. The third kappa shape index (κ3) is 3.46. The third-order valence-electron chi connectivity index (χ3n) is 3.97. The highest BCUT2D eigenvalue weighted by Gasteiger charge is 2.34. The second-order valence-corrected chi connectivity index (χ2v) is 6.54. The Hall–Kier alpha value is -2.73. The first kappa shape index (κ1) is 18.1. The van der Waals surface area contributed by atoms with Gasteiger partial charge in [0.25, 0.3) is 5.91 Å². The van der Waals surface area contributed by atoms with E-state index in [1.807, 2.05) is 48.5 Å². The van der Waals surface area contributed by atoms with Gasteiger partial charge in [0.15, 0.2) is 0 Å². The van der Waals surface area contributed by atoms with Gasteiger partial charge in [-0.3, -0.25) is 9.79 Å². The number of likely N-dealkylation sites (N-methyl/N-ethyl adjacent to an activating group) is 1. The Morgan fingerprint density at radius 3 is 2.65 bits per heavy atom. The van der Waals surface area contributed by atoms with E-state index in [2.05, 4.69) is 20.9 Å². The van der Waals surface area contributed by atoms with Crippen LogP contribution in [0.15, 0.2) is 63.6 Å². The first-order valence-corrected chi connectivity index (χ1v) is 8.90. The number of amides is 1. The van der Waals surface area contributed by atoms with Gasteiger partial charge in [0.2, 0.25) is 0 Å². The summed E-state index contributed by atoms with van der Waals surface area (Å²) >= 11 is 3.42. The van der Waals surface area contributed by atoms with Crippen LogP contribution in [0, 0.1) is 0 Å². The van der Waals surface area contributed by atoms with Crippen LogP contribution < -0.4 is 4.90 Å². The van der Waals surface area contributed by atoms with Crippen molar-refractivity contribution in [2.45, 2.75) is 6.92 Å². The van der Waals surface area contributed by atoms with E-state index in [1.165, 1.54) is 11.1 Å². The average molecular weight is 413 g/mol. The molecule has 1 heterocycles. The van der Waals surface area contributed by atoms with Crippen LogP contribution in [-0.4, -0.2) is 31.7 Å². The maximum absolute atomic E-state index is 12.8. The molecule has 2 aromatic rings. The van der Waals surface area contributed by atoms with Crippen molar-refractivity contribution in [2.75, 3.05) is 18.6 Å². The van der Waals surface area contributed by atoms with Gasteiger partial charge in [-0.25, -0.2) is 4.79 Å². The third-order valence-corrected chi connectivity index (χ3v) is 4.46. The number of fused-ring (bicyclic) bond motifs is 1. The van der Waals surface area contributed by atoms with Gasteiger partial charge >= 0.3 is 5.97 Å². The lowest BCUT2D eigenvalue weighted by Crippen LogP contribution is -2.22. The quantitative estimate of drug-likeness (QED) is 0.430. The number of para-hydroxylation sites is 1. The Morgan fingerprint density at radius 2 is 1.96 bits per heavy atom. The Bertz CT molecular complexity index is 920. The van der Waals surface area contributed by atoms with E-state index < -0.39 is 5.97 Å². The number of hydrogen-bond donors (Lipinski definition) is 0. The molecule has 1 aliphatic heterocycles. The first-order valence-electron chi connectivity index (χ1n) is 8.11. The Balaban J connectivity index is 2.17. The molecule has 0 fully saturated rings. The van der Waals surface area contributed by atoms with Gasteiger partial charge in [0.1, 0.15) is 0 Å². The van der Waals surface area contributed by atoms with Crippen LogP contribution in [0.2, 0.25) is 0 Å². The number of anilines is 1. The molecule has 0 spiro atoms. The molecule has 0 aliphatic carbocycles. The van der Waals surface area contributed by atoms with Crippen LogP contribution in [0.3, 0.4) is 0 Å². The molecule has 2 aromatic carbocycles. The number of nitrogens with zero attached hydrogens (tertiary/aromatic N) is 2. The molecule has 0 radical (unpaired) electrons. The van der Waals surface area contributed by atoms with E-state index in [1.54, 1.807) is 14.0 Å². The minimum atomic E-state index is -0.572. The van der Waals surface area contributed by atoms with Crippen LogP contribution in [0.5, 0.6) is 0 Å². The Morgan fingerprint density at radius 1 is 1.23 bits per heavy atom. The lowest BCUT2D eigenvalue weighted by Gasteiger charge is -2.09. The minimum Gasteiger partial charge on any atom is -0.462 e. The molecule has 26 heavy (non-hydrogen) atoms. The number of carbonyl (C=O) groups is 2. The van der Waals surface area contributed by atoms with Crippen molar-refractivity contribution in [3.63, 3.8) is 0 Å². The molecule has 0 bridgehead atoms. The van der Waals surface area contributed by atoms with Crippen molar-refractivity contribution in [3.05, 3.63) is 64.1 Å². The summed E-state index contributed by atoms with van der Waals surface area (Å²) in [6, 6.07) is 14.7. The molecule has 0 saturated carbocycles. The zero-order chi connectivity index (χ0) is 18.7. The van der Waals surface area contributed by atoms with Gasteiger partial charge in [-0.15, -0.1) is 0 Å². The predicted octanol–water partition coefficient (Wildman–Crippen LogP) is 4.14. The van der Waals surface area contributed by atoms with Crippen LogP contribution in [0.25, 0.3) is 5.57 Å². The summed E-state index contributed by atoms with van der Waals surface area (Å²) in [5.74, 6) is -0.836. The largest absolute Gasteiger partial charge is 0.462 e. The Kier molecular flexibility index (Phi) is 5.32. The fraction of sp³-hybridized carbons (Fsp3) is 0.150. The van der Waals surface area contributed by atoms with Gasteiger partial charge in [-0.05, 0) is 37.3 Å². The van der Waals surface area contributed by atoms with Crippen molar-refractivity contribution in [3.8, 4) is 0 Å². The summed E-state index contributed by atoms with van der Waals surface area (Å²) in [5, 5.41) is 0. The number of rotatable bonds is 4. The number of ether oxygens (including phenoxy) is 1. The fourth-order valence-electron chi connectivity index (χ4n) is 2.73.